The zero-order chi connectivity index (χ0) is 11.7. The zero-order valence-corrected chi connectivity index (χ0v) is 7.11. The fraction of sp³-hybridized carbons (Fsp3) is 0.125. The maximum atomic E-state index is 12.9. The molecule has 2 N–H and O–H groups in total. The Morgan fingerprint density at radius 2 is 1.40 bits per heavy atom. The van der Waals surface area contributed by atoms with E-state index in [4.69, 9.17) is 5.73 Å². The number of carbonyl (C=O) groups excluding carboxylic acids is 1. The van der Waals surface area contributed by atoms with Crippen molar-refractivity contribution < 1.29 is 27.5 Å². The lowest BCUT2D eigenvalue weighted by molar-refractivity contribution is 0.0990. The summed E-state index contributed by atoms with van der Waals surface area (Å²) < 4.78 is 51.0. The van der Waals surface area contributed by atoms with Crippen LogP contribution in [0, 0.1) is 23.3 Å². The fourth-order valence-corrected chi connectivity index (χ4v) is 0.958. The van der Waals surface area contributed by atoms with Gasteiger partial charge in [-0.3, -0.25) is 9.90 Å². The fourth-order valence-electron chi connectivity index (χ4n) is 0.958. The van der Waals surface area contributed by atoms with Crippen molar-refractivity contribution >= 4 is 5.78 Å². The molecule has 1 aromatic rings. The number of Topliss-reactive ketones (excluding diaryl/α,β-unsaturated/α-hetero) is 1. The summed E-state index contributed by atoms with van der Waals surface area (Å²) in [5.74, 6) is -11.7. The molecule has 0 bridgehead atoms. The third kappa shape index (κ3) is 1.65. The van der Waals surface area contributed by atoms with Crippen LogP contribution in [0.2, 0.25) is 0 Å². The second-order valence-electron chi connectivity index (χ2n) is 2.59. The van der Waals surface area contributed by atoms with E-state index in [-0.39, 0.29) is 0 Å². The zero-order valence-electron chi connectivity index (χ0n) is 7.11. The summed E-state index contributed by atoms with van der Waals surface area (Å²) in [6, 6.07) is 0. The van der Waals surface area contributed by atoms with Crippen molar-refractivity contribution in [3.05, 3.63) is 28.8 Å². The van der Waals surface area contributed by atoms with E-state index >= 15 is 0 Å². The van der Waals surface area contributed by atoms with Gasteiger partial charge in [-0.1, -0.05) is 0 Å². The minimum atomic E-state index is -2.13. The summed E-state index contributed by atoms with van der Waals surface area (Å²) in [5.41, 5.74) is 3.31. The molecule has 0 saturated heterocycles. The number of ketones is 1. The van der Waals surface area contributed by atoms with Crippen molar-refractivity contribution in [2.75, 3.05) is 6.54 Å². The Morgan fingerprint density at radius 1 is 1.00 bits per heavy atom. The summed E-state index contributed by atoms with van der Waals surface area (Å²) in [6.45, 7) is -0.828. The van der Waals surface area contributed by atoms with E-state index in [1.54, 1.807) is 0 Å². The molecule has 0 heterocycles. The largest absolute Gasteiger partial charge is 0.324 e. The first kappa shape index (κ1) is 11.4. The topological polar surface area (TPSA) is 63.0 Å². The molecule has 0 unspecified atom stereocenters. The van der Waals surface area contributed by atoms with Crippen LogP contribution in [0.4, 0.5) is 17.6 Å². The highest BCUT2D eigenvalue weighted by molar-refractivity contribution is 5.98. The summed E-state index contributed by atoms with van der Waals surface area (Å²) in [7, 11) is 0. The first-order chi connectivity index (χ1) is 6.91. The van der Waals surface area contributed by atoms with E-state index in [0.29, 0.717) is 0 Å². The molecule has 1 aromatic carbocycles. The summed E-state index contributed by atoms with van der Waals surface area (Å²) >= 11 is 0. The SMILES string of the molecule is NCC(=O)c1c(F)c(F)c([O])c(F)c1F. The van der Waals surface area contributed by atoms with Crippen LogP contribution in [0.25, 0.3) is 0 Å². The average Bonchev–Trinajstić information content (AvgIpc) is 2.23. The van der Waals surface area contributed by atoms with Crippen LogP contribution in [0.15, 0.2) is 0 Å². The van der Waals surface area contributed by atoms with Gasteiger partial charge < -0.3 is 5.73 Å². The van der Waals surface area contributed by atoms with Gasteiger partial charge in [0.15, 0.2) is 17.4 Å². The lowest BCUT2D eigenvalue weighted by Gasteiger charge is -2.05. The predicted octanol–water partition coefficient (Wildman–Crippen LogP) is 1.53. The molecule has 0 saturated carbocycles. The molecule has 81 valence electrons. The van der Waals surface area contributed by atoms with Gasteiger partial charge in [0, 0.05) is 0 Å². The van der Waals surface area contributed by atoms with Crippen LogP contribution in [-0.4, -0.2) is 12.3 Å². The first-order valence-corrected chi connectivity index (χ1v) is 3.68. The standard InChI is InChI=1S/C8H4F4NO2/c9-4-3(2(14)1-13)5(10)7(12)8(15)6(4)11/h1,13H2. The molecule has 0 aliphatic rings. The average molecular weight is 222 g/mol. The Balaban J connectivity index is 3.60. The van der Waals surface area contributed by atoms with Gasteiger partial charge in [0.05, 0.1) is 12.1 Å². The first-order valence-electron chi connectivity index (χ1n) is 3.68. The Hall–Kier alpha value is -1.63. The minimum Gasteiger partial charge on any atom is -0.324 e. The van der Waals surface area contributed by atoms with Gasteiger partial charge in [0.2, 0.25) is 11.6 Å². The van der Waals surface area contributed by atoms with Crippen molar-refractivity contribution in [2.45, 2.75) is 0 Å². The smallest absolute Gasteiger partial charge is 0.255 e. The van der Waals surface area contributed by atoms with E-state index in [2.05, 4.69) is 0 Å². The normalized spacial score (nSPS) is 10.5. The van der Waals surface area contributed by atoms with Crippen LogP contribution in [0.3, 0.4) is 0 Å². The Labute approximate surface area is 81.1 Å². The molecule has 1 radical (unpaired) electrons. The molecule has 1 rings (SSSR count). The number of benzene rings is 1. The molecule has 7 heteroatoms. The van der Waals surface area contributed by atoms with Gasteiger partial charge in [-0.2, -0.15) is 8.78 Å². The minimum absolute atomic E-state index is 0.828. The summed E-state index contributed by atoms with van der Waals surface area (Å²) in [4.78, 5) is 10.8. The van der Waals surface area contributed by atoms with Crippen molar-refractivity contribution in [3.63, 3.8) is 0 Å². The van der Waals surface area contributed by atoms with Gasteiger partial charge in [0.1, 0.15) is 0 Å². The molecule has 0 aliphatic carbocycles. The number of hydrogen-bond acceptors (Lipinski definition) is 2. The highest BCUT2D eigenvalue weighted by Crippen LogP contribution is 2.29. The van der Waals surface area contributed by atoms with Crippen molar-refractivity contribution in [1.82, 2.24) is 0 Å². The second-order valence-corrected chi connectivity index (χ2v) is 2.59. The quantitative estimate of drug-likeness (QED) is 0.468. The van der Waals surface area contributed by atoms with Crippen LogP contribution < -0.4 is 5.73 Å². The molecule has 0 spiro atoms. The molecular weight excluding hydrogens is 218 g/mol. The van der Waals surface area contributed by atoms with Crippen LogP contribution in [-0.2, 0) is 5.11 Å². The number of carbonyl (C=O) groups is 1. The molecular formula is C8H4F4NO2. The highest BCUT2D eigenvalue weighted by Gasteiger charge is 2.29. The summed E-state index contributed by atoms with van der Waals surface area (Å²) in [6.07, 6.45) is 0. The Kier molecular flexibility index (Phi) is 2.94. The molecule has 0 atom stereocenters. The summed E-state index contributed by atoms with van der Waals surface area (Å²) in [5, 5.41) is 10.5. The van der Waals surface area contributed by atoms with Crippen molar-refractivity contribution in [3.8, 4) is 5.75 Å². The lowest BCUT2D eigenvalue weighted by Crippen LogP contribution is -2.18. The maximum absolute atomic E-state index is 12.9. The number of rotatable bonds is 2. The van der Waals surface area contributed by atoms with E-state index in [1.165, 1.54) is 0 Å². The van der Waals surface area contributed by atoms with Crippen molar-refractivity contribution in [2.24, 2.45) is 5.73 Å². The van der Waals surface area contributed by atoms with Gasteiger partial charge >= 0.3 is 0 Å². The number of nitrogens with two attached hydrogens (primary N) is 1. The Morgan fingerprint density at radius 3 is 1.73 bits per heavy atom. The van der Waals surface area contributed by atoms with Crippen molar-refractivity contribution in [1.29, 1.82) is 0 Å². The molecule has 0 aliphatic heterocycles. The molecule has 0 fully saturated rings. The Bertz CT molecular complexity index is 404. The van der Waals surface area contributed by atoms with Crippen LogP contribution >= 0.6 is 0 Å². The van der Waals surface area contributed by atoms with Gasteiger partial charge in [-0.15, -0.1) is 0 Å². The number of halogens is 4. The molecule has 15 heavy (non-hydrogen) atoms. The third-order valence-electron chi connectivity index (χ3n) is 1.69. The lowest BCUT2D eigenvalue weighted by atomic mass is 10.1. The van der Waals surface area contributed by atoms with Gasteiger partial charge in [-0.25, -0.2) is 8.78 Å². The van der Waals surface area contributed by atoms with Crippen LogP contribution in [0.5, 0.6) is 5.75 Å². The maximum Gasteiger partial charge on any atom is 0.255 e. The monoisotopic (exact) mass is 222 g/mol. The van der Waals surface area contributed by atoms with Gasteiger partial charge in [0.25, 0.3) is 5.75 Å². The van der Waals surface area contributed by atoms with Crippen LogP contribution in [0.1, 0.15) is 10.4 Å². The highest BCUT2D eigenvalue weighted by atomic mass is 19.2. The number of hydrogen-bond donors (Lipinski definition) is 1. The van der Waals surface area contributed by atoms with E-state index < -0.39 is 46.9 Å². The van der Waals surface area contributed by atoms with E-state index in [1.807, 2.05) is 0 Å². The third-order valence-corrected chi connectivity index (χ3v) is 1.69. The van der Waals surface area contributed by atoms with E-state index in [9.17, 15) is 27.5 Å². The molecule has 0 amide bonds. The molecule has 0 aromatic heterocycles. The van der Waals surface area contributed by atoms with E-state index in [0.717, 1.165) is 0 Å². The van der Waals surface area contributed by atoms with Gasteiger partial charge in [-0.05, 0) is 0 Å². The second kappa shape index (κ2) is 3.85. The molecule has 3 nitrogen and oxygen atoms in total. The predicted molar refractivity (Wildman–Crippen MR) is 39.8 cm³/mol.